The Morgan fingerprint density at radius 3 is 2.57 bits per heavy atom. The normalized spacial score (nSPS) is 23.3. The molecule has 2 aliphatic heterocycles. The predicted molar refractivity (Wildman–Crippen MR) is 81.0 cm³/mol. The maximum atomic E-state index is 12.5. The van der Waals surface area contributed by atoms with E-state index in [0.717, 1.165) is 43.9 Å². The lowest BCUT2D eigenvalue weighted by Crippen LogP contribution is -2.41. The third-order valence-corrected chi connectivity index (χ3v) is 5.35. The second-order valence-electron chi connectivity index (χ2n) is 5.41. The van der Waals surface area contributed by atoms with E-state index < -0.39 is 0 Å². The van der Waals surface area contributed by atoms with Gasteiger partial charge >= 0.3 is 0 Å². The van der Waals surface area contributed by atoms with E-state index in [1.165, 1.54) is 0 Å². The zero-order valence-corrected chi connectivity index (χ0v) is 12.6. The number of carbonyl (C=O) groups excluding carboxylic acids is 1. The molecule has 1 aromatic rings. The topological polar surface area (TPSA) is 53.3 Å². The van der Waals surface area contributed by atoms with Crippen LogP contribution in [0.25, 0.3) is 0 Å². The van der Waals surface area contributed by atoms with Gasteiger partial charge < -0.3 is 9.64 Å². The Labute approximate surface area is 129 Å². The Kier molecular flexibility index (Phi) is 4.47. The highest BCUT2D eigenvalue weighted by Gasteiger charge is 2.36. The molecule has 0 radical (unpaired) electrons. The van der Waals surface area contributed by atoms with Crippen LogP contribution in [0.15, 0.2) is 29.2 Å². The van der Waals surface area contributed by atoms with Crippen molar-refractivity contribution in [2.24, 2.45) is 0 Å². The molecule has 3 rings (SSSR count). The highest BCUT2D eigenvalue weighted by Crippen LogP contribution is 2.33. The molecular weight excluding hydrogens is 284 g/mol. The third-order valence-electron chi connectivity index (χ3n) is 4.08. The number of hydrogen-bond acceptors (Lipinski definition) is 4. The number of benzene rings is 1. The molecule has 0 saturated carbocycles. The van der Waals surface area contributed by atoms with Gasteiger partial charge in [-0.1, -0.05) is 0 Å². The van der Waals surface area contributed by atoms with Gasteiger partial charge in [-0.3, -0.25) is 4.79 Å². The van der Waals surface area contributed by atoms with Gasteiger partial charge in [0.2, 0.25) is 5.91 Å². The number of ether oxygens (including phenoxy) is 1. The monoisotopic (exact) mass is 302 g/mol. The molecule has 0 aliphatic carbocycles. The van der Waals surface area contributed by atoms with Gasteiger partial charge in [0, 0.05) is 30.7 Å². The Bertz CT molecular complexity index is 546. The molecule has 0 N–H and O–H groups in total. The zero-order chi connectivity index (χ0) is 14.7. The molecule has 1 atom stereocenters. The van der Waals surface area contributed by atoms with E-state index in [1.807, 2.05) is 17.0 Å². The molecule has 4 nitrogen and oxygen atoms in total. The first-order valence-electron chi connectivity index (χ1n) is 7.33. The lowest BCUT2D eigenvalue weighted by atomic mass is 10.1. The maximum Gasteiger partial charge on any atom is 0.236 e. The van der Waals surface area contributed by atoms with Crippen LogP contribution in [-0.4, -0.2) is 41.9 Å². The van der Waals surface area contributed by atoms with Crippen LogP contribution in [0.4, 0.5) is 0 Å². The van der Waals surface area contributed by atoms with Gasteiger partial charge in [0.1, 0.15) is 0 Å². The van der Waals surface area contributed by atoms with Crippen molar-refractivity contribution >= 4 is 17.7 Å². The van der Waals surface area contributed by atoms with Crippen LogP contribution in [-0.2, 0) is 9.53 Å². The first-order chi connectivity index (χ1) is 10.3. The third kappa shape index (κ3) is 3.22. The van der Waals surface area contributed by atoms with Gasteiger partial charge in [0.15, 0.2) is 0 Å². The number of carbonyl (C=O) groups is 1. The molecule has 2 saturated heterocycles. The number of hydrogen-bond donors (Lipinski definition) is 0. The highest BCUT2D eigenvalue weighted by atomic mass is 32.2. The number of rotatable bonds is 3. The Balaban J connectivity index is 1.61. The average molecular weight is 302 g/mol. The van der Waals surface area contributed by atoms with Crippen molar-refractivity contribution in [3.63, 3.8) is 0 Å². The molecule has 21 heavy (non-hydrogen) atoms. The molecule has 0 unspecified atom stereocenters. The van der Waals surface area contributed by atoms with E-state index >= 15 is 0 Å². The van der Waals surface area contributed by atoms with Crippen LogP contribution in [0, 0.1) is 11.3 Å². The minimum Gasteiger partial charge on any atom is -0.381 e. The van der Waals surface area contributed by atoms with E-state index in [0.29, 0.717) is 11.6 Å². The number of nitrogens with zero attached hydrogens (tertiary/aromatic N) is 2. The molecule has 1 aromatic carbocycles. The van der Waals surface area contributed by atoms with E-state index in [9.17, 15) is 4.79 Å². The van der Waals surface area contributed by atoms with Gasteiger partial charge in [-0.05, 0) is 43.5 Å². The van der Waals surface area contributed by atoms with Crippen LogP contribution >= 0.6 is 11.8 Å². The molecule has 2 heterocycles. The summed E-state index contributed by atoms with van der Waals surface area (Å²) in [5.74, 6) is 0.260. The first-order valence-corrected chi connectivity index (χ1v) is 8.21. The van der Waals surface area contributed by atoms with Crippen LogP contribution in [0.1, 0.15) is 24.8 Å². The van der Waals surface area contributed by atoms with Crippen LogP contribution in [0.2, 0.25) is 0 Å². The zero-order valence-electron chi connectivity index (χ0n) is 11.8. The predicted octanol–water partition coefficient (Wildman–Crippen LogP) is 2.43. The molecular formula is C16H18N2O2S. The summed E-state index contributed by atoms with van der Waals surface area (Å²) in [6.07, 6.45) is 2.82. The number of amides is 1. The maximum absolute atomic E-state index is 12.5. The Hall–Kier alpha value is -1.51. The van der Waals surface area contributed by atoms with Crippen molar-refractivity contribution in [3.05, 3.63) is 29.8 Å². The van der Waals surface area contributed by atoms with Gasteiger partial charge in [-0.15, -0.1) is 11.8 Å². The standard InChI is InChI=1S/C16H18N2O2S/c17-11-12-1-3-14(4-2-12)21-15-5-8-18(16(15)19)13-6-9-20-10-7-13/h1-4,13,15H,5-10H2/t15-/m0/s1. The fourth-order valence-electron chi connectivity index (χ4n) is 2.92. The SMILES string of the molecule is N#Cc1ccc(S[C@H]2CCN(C3CCOCC3)C2=O)cc1. The van der Waals surface area contributed by atoms with Crippen molar-refractivity contribution in [2.45, 2.75) is 35.4 Å². The molecule has 1 amide bonds. The average Bonchev–Trinajstić information content (AvgIpc) is 2.90. The molecule has 110 valence electrons. The summed E-state index contributed by atoms with van der Waals surface area (Å²) in [7, 11) is 0. The Morgan fingerprint density at radius 1 is 1.19 bits per heavy atom. The van der Waals surface area contributed by atoms with Crippen LogP contribution < -0.4 is 0 Å². The molecule has 5 heteroatoms. The largest absolute Gasteiger partial charge is 0.381 e. The highest BCUT2D eigenvalue weighted by molar-refractivity contribution is 8.00. The molecule has 2 fully saturated rings. The number of likely N-dealkylation sites (tertiary alicyclic amines) is 1. The van der Waals surface area contributed by atoms with Gasteiger partial charge in [-0.25, -0.2) is 0 Å². The Morgan fingerprint density at radius 2 is 1.90 bits per heavy atom. The van der Waals surface area contributed by atoms with Gasteiger partial charge in [-0.2, -0.15) is 5.26 Å². The summed E-state index contributed by atoms with van der Waals surface area (Å²) in [4.78, 5) is 15.6. The minimum atomic E-state index is 0.0146. The van der Waals surface area contributed by atoms with Crippen molar-refractivity contribution in [1.29, 1.82) is 5.26 Å². The van der Waals surface area contributed by atoms with E-state index in [1.54, 1.807) is 23.9 Å². The van der Waals surface area contributed by atoms with Crippen molar-refractivity contribution < 1.29 is 9.53 Å². The molecule has 0 bridgehead atoms. The van der Waals surface area contributed by atoms with Gasteiger partial charge in [0.25, 0.3) is 0 Å². The minimum absolute atomic E-state index is 0.0146. The fourth-order valence-corrected chi connectivity index (χ4v) is 4.00. The van der Waals surface area contributed by atoms with Crippen LogP contribution in [0.3, 0.4) is 0 Å². The first kappa shape index (κ1) is 14.4. The van der Waals surface area contributed by atoms with Crippen LogP contribution in [0.5, 0.6) is 0 Å². The fraction of sp³-hybridized carbons (Fsp3) is 0.500. The van der Waals surface area contributed by atoms with E-state index in [4.69, 9.17) is 10.00 Å². The number of thioether (sulfide) groups is 1. The lowest BCUT2D eigenvalue weighted by Gasteiger charge is -2.31. The van der Waals surface area contributed by atoms with Crippen molar-refractivity contribution in [1.82, 2.24) is 4.90 Å². The lowest BCUT2D eigenvalue weighted by molar-refractivity contribution is -0.130. The van der Waals surface area contributed by atoms with Gasteiger partial charge in [0.05, 0.1) is 16.9 Å². The van der Waals surface area contributed by atoms with Crippen molar-refractivity contribution in [2.75, 3.05) is 19.8 Å². The summed E-state index contributed by atoms with van der Waals surface area (Å²) in [6.45, 7) is 2.39. The second-order valence-corrected chi connectivity index (χ2v) is 6.68. The smallest absolute Gasteiger partial charge is 0.236 e. The quantitative estimate of drug-likeness (QED) is 0.860. The summed E-state index contributed by atoms with van der Waals surface area (Å²) in [5.41, 5.74) is 0.654. The summed E-state index contributed by atoms with van der Waals surface area (Å²) in [6, 6.07) is 9.93. The molecule has 0 aromatic heterocycles. The summed E-state index contributed by atoms with van der Waals surface area (Å²) in [5, 5.41) is 8.82. The van der Waals surface area contributed by atoms with E-state index in [2.05, 4.69) is 6.07 Å². The second kappa shape index (κ2) is 6.50. The summed E-state index contributed by atoms with van der Waals surface area (Å²) < 4.78 is 5.37. The van der Waals surface area contributed by atoms with E-state index in [-0.39, 0.29) is 11.2 Å². The number of nitriles is 1. The molecule has 2 aliphatic rings. The summed E-state index contributed by atoms with van der Waals surface area (Å²) >= 11 is 1.61. The molecule has 0 spiro atoms. The van der Waals surface area contributed by atoms with Crippen molar-refractivity contribution in [3.8, 4) is 6.07 Å².